The van der Waals surface area contributed by atoms with Crippen LogP contribution in [0.15, 0.2) is 15.8 Å². The molecule has 1 heterocycles. The first-order valence-electron chi connectivity index (χ1n) is 1.90. The highest BCUT2D eigenvalue weighted by molar-refractivity contribution is 7.89. The van der Waals surface area contributed by atoms with E-state index >= 15 is 0 Å². The van der Waals surface area contributed by atoms with Crippen LogP contribution in [0.3, 0.4) is 0 Å². The molecule has 7 heteroatoms. The van der Waals surface area contributed by atoms with Gasteiger partial charge >= 0.3 is 0 Å². The van der Waals surface area contributed by atoms with Crippen LogP contribution in [0.25, 0.3) is 0 Å². The maximum Gasteiger partial charge on any atom is 0.260 e. The molecule has 0 bridgehead atoms. The van der Waals surface area contributed by atoms with E-state index in [1.54, 1.807) is 0 Å². The van der Waals surface area contributed by atoms with Gasteiger partial charge in [0.05, 0.1) is 0 Å². The Hall–Kier alpha value is -0.950. The summed E-state index contributed by atoms with van der Waals surface area (Å²) in [4.78, 5) is 0. The summed E-state index contributed by atoms with van der Waals surface area (Å²) in [7, 11) is -3.73. The monoisotopic (exact) mass is 149 g/mol. The van der Waals surface area contributed by atoms with Gasteiger partial charge in [-0.05, 0) is 0 Å². The average Bonchev–Trinajstić information content (AvgIpc) is 2.08. The fourth-order valence-corrected chi connectivity index (χ4v) is 0.604. The lowest BCUT2D eigenvalue weighted by molar-refractivity contribution is 0.392. The van der Waals surface area contributed by atoms with E-state index in [9.17, 15) is 8.42 Å². The first kappa shape index (κ1) is 6.17. The summed E-state index contributed by atoms with van der Waals surface area (Å²) in [6, 6.07) is 0. The zero-order chi connectivity index (χ0) is 6.91. The highest BCUT2D eigenvalue weighted by atomic mass is 32.2. The van der Waals surface area contributed by atoms with Crippen LogP contribution in [-0.4, -0.2) is 18.8 Å². The second-order valence-corrected chi connectivity index (χ2v) is 2.80. The zero-order valence-corrected chi connectivity index (χ0v) is 5.00. The molecule has 6 nitrogen and oxygen atoms in total. The fourth-order valence-electron chi connectivity index (χ4n) is 0.280. The molecule has 0 amide bonds. The van der Waals surface area contributed by atoms with Crippen molar-refractivity contribution in [2.24, 2.45) is 5.14 Å². The van der Waals surface area contributed by atoms with Crippen molar-refractivity contribution < 1.29 is 12.9 Å². The van der Waals surface area contributed by atoms with Crippen molar-refractivity contribution in [3.63, 3.8) is 0 Å². The highest BCUT2D eigenvalue weighted by Gasteiger charge is 2.10. The van der Waals surface area contributed by atoms with E-state index in [-0.39, 0.29) is 5.03 Å². The van der Waals surface area contributed by atoms with E-state index in [0.29, 0.717) is 0 Å². The molecule has 1 aromatic heterocycles. The minimum Gasteiger partial charge on any atom is -0.344 e. The van der Waals surface area contributed by atoms with Gasteiger partial charge in [0.15, 0.2) is 6.26 Å². The predicted molar refractivity (Wildman–Crippen MR) is 25.7 cm³/mol. The first-order valence-corrected chi connectivity index (χ1v) is 3.45. The van der Waals surface area contributed by atoms with E-state index in [1.807, 2.05) is 0 Å². The summed E-state index contributed by atoms with van der Waals surface area (Å²) >= 11 is 0. The molecule has 0 aliphatic heterocycles. The van der Waals surface area contributed by atoms with Crippen molar-refractivity contribution in [2.45, 2.75) is 5.03 Å². The number of aromatic nitrogens is 2. The predicted octanol–water partition coefficient (Wildman–Crippen LogP) is -1.28. The van der Waals surface area contributed by atoms with Gasteiger partial charge in [-0.2, -0.15) is 0 Å². The molecule has 0 radical (unpaired) electrons. The molecule has 0 atom stereocenters. The van der Waals surface area contributed by atoms with Gasteiger partial charge in [-0.25, -0.2) is 13.6 Å². The zero-order valence-electron chi connectivity index (χ0n) is 4.18. The maximum atomic E-state index is 10.3. The molecule has 0 saturated carbocycles. The van der Waals surface area contributed by atoms with Crippen LogP contribution in [0.2, 0.25) is 0 Å². The van der Waals surface area contributed by atoms with Gasteiger partial charge in [0.1, 0.15) is 0 Å². The van der Waals surface area contributed by atoms with Crippen LogP contribution in [0.4, 0.5) is 0 Å². The molecule has 0 aromatic carbocycles. The lowest BCUT2D eigenvalue weighted by Gasteiger charge is -1.82. The van der Waals surface area contributed by atoms with Gasteiger partial charge in [-0.1, -0.05) is 5.10 Å². The maximum absolute atomic E-state index is 10.3. The van der Waals surface area contributed by atoms with Gasteiger partial charge in [0.2, 0.25) is 5.03 Å². The van der Waals surface area contributed by atoms with Crippen LogP contribution in [0, 0.1) is 0 Å². The van der Waals surface area contributed by atoms with E-state index in [0.717, 1.165) is 6.26 Å². The molecule has 0 aliphatic rings. The summed E-state index contributed by atoms with van der Waals surface area (Å²) in [6.45, 7) is 0. The second-order valence-electron chi connectivity index (χ2n) is 1.29. The van der Waals surface area contributed by atoms with E-state index < -0.39 is 10.0 Å². The summed E-state index contributed by atoms with van der Waals surface area (Å²) in [5.74, 6) is 0. The summed E-state index contributed by atoms with van der Waals surface area (Å²) in [5.41, 5.74) is 0. The van der Waals surface area contributed by atoms with Crippen LogP contribution in [0.1, 0.15) is 0 Å². The number of sulfonamides is 1. The molecule has 0 unspecified atom stereocenters. The number of hydrogen-bond acceptors (Lipinski definition) is 5. The number of nitrogens with zero attached hydrogens (tertiary/aromatic N) is 2. The van der Waals surface area contributed by atoms with Gasteiger partial charge in [0.25, 0.3) is 10.0 Å². The molecular formula is C2H3N3O3S. The molecule has 0 aliphatic carbocycles. The molecule has 50 valence electrons. The molecule has 0 spiro atoms. The lowest BCUT2D eigenvalue weighted by Crippen LogP contribution is -2.12. The van der Waals surface area contributed by atoms with Crippen LogP contribution >= 0.6 is 0 Å². The van der Waals surface area contributed by atoms with E-state index in [1.165, 1.54) is 0 Å². The summed E-state index contributed by atoms with van der Waals surface area (Å²) < 4.78 is 24.7. The molecular weight excluding hydrogens is 146 g/mol. The first-order chi connectivity index (χ1) is 4.11. The second kappa shape index (κ2) is 1.78. The number of primary sulfonamides is 1. The Kier molecular flexibility index (Phi) is 1.22. The third kappa shape index (κ3) is 1.24. The summed E-state index contributed by atoms with van der Waals surface area (Å²) in [5, 5.41) is 10.2. The van der Waals surface area contributed by atoms with Gasteiger partial charge in [-0.15, -0.1) is 0 Å². The number of nitrogens with two attached hydrogens (primary N) is 1. The number of rotatable bonds is 1. The Morgan fingerprint density at radius 2 is 2.33 bits per heavy atom. The number of hydrogen-bond donors (Lipinski definition) is 1. The third-order valence-electron chi connectivity index (χ3n) is 0.632. The normalized spacial score (nSPS) is 11.7. The standard InChI is InChI=1S/C2H3N3O3S/c3-9(6,7)2-1-8-5-4-2/h1H,(H2,3,6,7). The molecule has 9 heavy (non-hydrogen) atoms. The largest absolute Gasteiger partial charge is 0.344 e. The Balaban J connectivity index is 3.20. The Labute approximate surface area is 50.7 Å². The molecule has 0 fully saturated rings. The van der Waals surface area contributed by atoms with Crippen molar-refractivity contribution in [1.82, 2.24) is 10.4 Å². The summed E-state index contributed by atoms with van der Waals surface area (Å²) in [6.07, 6.45) is 0.856. The highest BCUT2D eigenvalue weighted by Crippen LogP contribution is 1.96. The minimum atomic E-state index is -3.73. The van der Waals surface area contributed by atoms with Gasteiger partial charge in [-0.3, -0.25) is 0 Å². The van der Waals surface area contributed by atoms with Crippen molar-refractivity contribution >= 4 is 10.0 Å². The minimum absolute atomic E-state index is 0.359. The van der Waals surface area contributed by atoms with Crippen LogP contribution < -0.4 is 5.14 Å². The van der Waals surface area contributed by atoms with E-state index in [2.05, 4.69) is 20.0 Å². The van der Waals surface area contributed by atoms with Gasteiger partial charge in [0, 0.05) is 5.27 Å². The average molecular weight is 149 g/mol. The molecule has 0 saturated heterocycles. The third-order valence-corrected chi connectivity index (χ3v) is 1.39. The topological polar surface area (TPSA) is 99.1 Å². The van der Waals surface area contributed by atoms with Crippen molar-refractivity contribution in [3.8, 4) is 0 Å². The lowest BCUT2D eigenvalue weighted by atomic mass is 11.0. The van der Waals surface area contributed by atoms with E-state index in [4.69, 9.17) is 0 Å². The SMILES string of the molecule is NS(=O)(=O)c1conn1. The van der Waals surface area contributed by atoms with Crippen molar-refractivity contribution in [3.05, 3.63) is 6.26 Å². The fraction of sp³-hybridized carbons (Fsp3) is 0. The van der Waals surface area contributed by atoms with Crippen molar-refractivity contribution in [2.75, 3.05) is 0 Å². The Bertz CT molecular complexity index is 274. The smallest absolute Gasteiger partial charge is 0.260 e. The molecule has 1 rings (SSSR count). The van der Waals surface area contributed by atoms with Crippen molar-refractivity contribution in [1.29, 1.82) is 0 Å². The molecule has 2 N–H and O–H groups in total. The Morgan fingerprint density at radius 3 is 2.56 bits per heavy atom. The van der Waals surface area contributed by atoms with Gasteiger partial charge < -0.3 is 4.52 Å². The van der Waals surface area contributed by atoms with Crippen LogP contribution in [-0.2, 0) is 10.0 Å². The van der Waals surface area contributed by atoms with Crippen LogP contribution in [0.5, 0.6) is 0 Å². The Morgan fingerprint density at radius 1 is 1.67 bits per heavy atom. The molecule has 1 aromatic rings. The quantitative estimate of drug-likeness (QED) is 0.536.